The third-order valence-electron chi connectivity index (χ3n) is 5.40. The molecule has 3 rings (SSSR count). The van der Waals surface area contributed by atoms with Gasteiger partial charge >= 0.3 is 0 Å². The van der Waals surface area contributed by atoms with E-state index in [0.29, 0.717) is 49.4 Å². The van der Waals surface area contributed by atoms with Gasteiger partial charge < -0.3 is 24.1 Å². The fraction of sp³-hybridized carbons (Fsp3) is 0.458. The van der Waals surface area contributed by atoms with Crippen LogP contribution in [0, 0.1) is 0 Å². The van der Waals surface area contributed by atoms with Gasteiger partial charge in [0.25, 0.3) is 0 Å². The number of rotatable bonds is 6. The lowest BCUT2D eigenvalue weighted by Crippen LogP contribution is -2.13. The molecule has 6 heteroatoms. The number of phenolic OH excluding ortho intramolecular Hbond substituents is 2. The van der Waals surface area contributed by atoms with E-state index in [1.807, 2.05) is 39.8 Å². The van der Waals surface area contributed by atoms with Crippen molar-refractivity contribution in [1.82, 2.24) is 0 Å². The van der Waals surface area contributed by atoms with E-state index in [9.17, 15) is 15.0 Å². The van der Waals surface area contributed by atoms with Crippen molar-refractivity contribution in [2.24, 2.45) is 0 Å². The number of methoxy groups -OCH3 is 1. The molecule has 0 radical (unpaired) electrons. The molecule has 6 nitrogen and oxygen atoms in total. The molecular formula is C24H30O6. The lowest BCUT2D eigenvalue weighted by atomic mass is 9.95. The summed E-state index contributed by atoms with van der Waals surface area (Å²) in [6.45, 7) is 8.82. The minimum Gasteiger partial charge on any atom is -0.507 e. The lowest BCUT2D eigenvalue weighted by Gasteiger charge is -2.18. The molecule has 2 aromatic rings. The monoisotopic (exact) mass is 414 g/mol. The highest BCUT2D eigenvalue weighted by molar-refractivity contribution is 5.91. The van der Waals surface area contributed by atoms with E-state index < -0.39 is 5.43 Å². The topological polar surface area (TPSA) is 89.1 Å². The highest BCUT2D eigenvalue weighted by Crippen LogP contribution is 2.42. The van der Waals surface area contributed by atoms with Crippen LogP contribution < -0.4 is 10.2 Å². The first-order valence-electron chi connectivity index (χ1n) is 10.2. The third kappa shape index (κ3) is 4.10. The molecule has 0 spiro atoms. The van der Waals surface area contributed by atoms with Crippen molar-refractivity contribution in [2.75, 3.05) is 20.3 Å². The molecule has 1 aromatic heterocycles. The van der Waals surface area contributed by atoms with E-state index in [2.05, 4.69) is 0 Å². The molecule has 1 aliphatic rings. The summed E-state index contributed by atoms with van der Waals surface area (Å²) in [5, 5.41) is 22.0. The molecule has 0 amide bonds. The molecule has 1 saturated heterocycles. The zero-order valence-corrected chi connectivity index (χ0v) is 18.3. The van der Waals surface area contributed by atoms with Crippen LogP contribution in [0.15, 0.2) is 32.5 Å². The van der Waals surface area contributed by atoms with Crippen LogP contribution in [0.3, 0.4) is 0 Å². The van der Waals surface area contributed by atoms with Crippen LogP contribution in [0.25, 0.3) is 11.0 Å². The molecule has 0 aliphatic carbocycles. The standard InChI is InChI=1S/C24H30O6/c1-13(2)6-8-16-19(25)17(9-7-14(3)4)23-18(20(16)26)21(27)24(28-5)22(30-23)15-10-11-29-12-15/h6-7,15,25-26H,8-12H2,1-5H3. The van der Waals surface area contributed by atoms with Gasteiger partial charge in [-0.3, -0.25) is 4.79 Å². The number of benzene rings is 1. The number of allylic oxidation sites excluding steroid dienone is 4. The van der Waals surface area contributed by atoms with Crippen molar-refractivity contribution in [3.63, 3.8) is 0 Å². The van der Waals surface area contributed by atoms with Crippen LogP contribution in [0.5, 0.6) is 17.2 Å². The maximum atomic E-state index is 13.4. The van der Waals surface area contributed by atoms with Gasteiger partial charge in [0, 0.05) is 23.7 Å². The number of hydrogen-bond donors (Lipinski definition) is 2. The van der Waals surface area contributed by atoms with E-state index in [4.69, 9.17) is 13.9 Å². The summed E-state index contributed by atoms with van der Waals surface area (Å²) >= 11 is 0. The van der Waals surface area contributed by atoms with Crippen LogP contribution in [0.4, 0.5) is 0 Å². The van der Waals surface area contributed by atoms with Gasteiger partial charge in [-0.1, -0.05) is 23.3 Å². The van der Waals surface area contributed by atoms with Crippen molar-refractivity contribution < 1.29 is 24.1 Å². The van der Waals surface area contributed by atoms with Gasteiger partial charge in [0.05, 0.1) is 13.7 Å². The first-order valence-corrected chi connectivity index (χ1v) is 10.2. The van der Waals surface area contributed by atoms with Crippen LogP contribution in [0.1, 0.15) is 56.9 Å². The second-order valence-electron chi connectivity index (χ2n) is 8.22. The second-order valence-corrected chi connectivity index (χ2v) is 8.22. The summed E-state index contributed by atoms with van der Waals surface area (Å²) < 4.78 is 17.0. The van der Waals surface area contributed by atoms with Gasteiger partial charge in [0.1, 0.15) is 22.5 Å². The largest absolute Gasteiger partial charge is 0.507 e. The Morgan fingerprint density at radius 2 is 1.70 bits per heavy atom. The van der Waals surface area contributed by atoms with Crippen molar-refractivity contribution in [3.8, 4) is 17.2 Å². The van der Waals surface area contributed by atoms with Gasteiger partial charge in [-0.2, -0.15) is 0 Å². The summed E-state index contributed by atoms with van der Waals surface area (Å²) in [5.74, 6) is 0.0734. The summed E-state index contributed by atoms with van der Waals surface area (Å²) in [7, 11) is 1.42. The SMILES string of the molecule is COc1c(C2CCOC2)oc2c(CC=C(C)C)c(O)c(CC=C(C)C)c(O)c2c1=O. The number of aromatic hydroxyl groups is 2. The summed E-state index contributed by atoms with van der Waals surface area (Å²) in [4.78, 5) is 13.4. The van der Waals surface area contributed by atoms with Gasteiger partial charge in [-0.25, -0.2) is 0 Å². The minimum absolute atomic E-state index is 0.0432. The van der Waals surface area contributed by atoms with Crippen molar-refractivity contribution in [3.05, 3.63) is 50.4 Å². The van der Waals surface area contributed by atoms with E-state index >= 15 is 0 Å². The van der Waals surface area contributed by atoms with Crippen molar-refractivity contribution >= 4 is 11.0 Å². The van der Waals surface area contributed by atoms with E-state index in [1.54, 1.807) is 0 Å². The third-order valence-corrected chi connectivity index (χ3v) is 5.40. The molecule has 0 saturated carbocycles. The van der Waals surface area contributed by atoms with Crippen LogP contribution in [-0.4, -0.2) is 30.5 Å². The van der Waals surface area contributed by atoms with Crippen LogP contribution in [0.2, 0.25) is 0 Å². The first kappa shape index (κ1) is 22.0. The van der Waals surface area contributed by atoms with Crippen LogP contribution >= 0.6 is 0 Å². The summed E-state index contributed by atoms with van der Waals surface area (Å²) in [6, 6.07) is 0. The van der Waals surface area contributed by atoms with Gasteiger partial charge in [-0.15, -0.1) is 0 Å². The molecule has 1 aromatic carbocycles. The molecule has 2 N–H and O–H groups in total. The van der Waals surface area contributed by atoms with E-state index in [-0.39, 0.29) is 34.1 Å². The Hall–Kier alpha value is -2.73. The van der Waals surface area contributed by atoms with Gasteiger partial charge in [0.15, 0.2) is 5.76 Å². The van der Waals surface area contributed by atoms with E-state index in [1.165, 1.54) is 7.11 Å². The Balaban J connectivity index is 2.39. The maximum Gasteiger partial charge on any atom is 0.238 e. The summed E-state index contributed by atoms with van der Waals surface area (Å²) in [6.07, 6.45) is 5.25. The molecule has 1 aliphatic heterocycles. The fourth-order valence-corrected chi connectivity index (χ4v) is 3.71. The predicted octanol–water partition coefficient (Wildman–Crippen LogP) is 4.73. The average Bonchev–Trinajstić information content (AvgIpc) is 3.21. The normalized spacial score (nSPS) is 16.0. The van der Waals surface area contributed by atoms with Crippen molar-refractivity contribution in [1.29, 1.82) is 0 Å². The Morgan fingerprint density at radius 3 is 2.23 bits per heavy atom. The number of ether oxygens (including phenoxy) is 2. The Kier molecular flexibility index (Phi) is 6.56. The maximum absolute atomic E-state index is 13.4. The highest BCUT2D eigenvalue weighted by Gasteiger charge is 2.30. The molecule has 162 valence electrons. The van der Waals surface area contributed by atoms with Crippen molar-refractivity contribution in [2.45, 2.75) is 52.9 Å². The zero-order chi connectivity index (χ0) is 22.0. The van der Waals surface area contributed by atoms with Gasteiger partial charge in [-0.05, 0) is 47.0 Å². The zero-order valence-electron chi connectivity index (χ0n) is 18.3. The minimum atomic E-state index is -0.435. The first-order chi connectivity index (χ1) is 14.3. The smallest absolute Gasteiger partial charge is 0.238 e. The molecule has 1 unspecified atom stereocenters. The summed E-state index contributed by atoms with van der Waals surface area (Å²) in [5.41, 5.74) is 2.68. The molecule has 2 heterocycles. The molecule has 0 bridgehead atoms. The van der Waals surface area contributed by atoms with E-state index in [0.717, 1.165) is 11.1 Å². The Morgan fingerprint density at radius 1 is 1.07 bits per heavy atom. The molecule has 1 fully saturated rings. The average molecular weight is 414 g/mol. The highest BCUT2D eigenvalue weighted by atomic mass is 16.5. The number of fused-ring (bicyclic) bond motifs is 1. The van der Waals surface area contributed by atoms with Gasteiger partial charge in [0.2, 0.25) is 11.2 Å². The fourth-order valence-electron chi connectivity index (χ4n) is 3.71. The number of phenols is 2. The molecule has 1 atom stereocenters. The molecule has 30 heavy (non-hydrogen) atoms. The second kappa shape index (κ2) is 8.96. The Bertz CT molecular complexity index is 1060. The van der Waals surface area contributed by atoms with Crippen LogP contribution in [-0.2, 0) is 17.6 Å². The molecular weight excluding hydrogens is 384 g/mol. The lowest BCUT2D eigenvalue weighted by molar-refractivity contribution is 0.190. The number of hydrogen-bond acceptors (Lipinski definition) is 6. The Labute approximate surface area is 176 Å². The quantitative estimate of drug-likeness (QED) is 0.664. The predicted molar refractivity (Wildman–Crippen MR) is 117 cm³/mol.